The Morgan fingerprint density at radius 2 is 1.58 bits per heavy atom. The second-order valence-corrected chi connectivity index (χ2v) is 6.45. The van der Waals surface area contributed by atoms with Gasteiger partial charge in [-0.1, -0.05) is 60.1 Å². The number of carbonyl (C=O) groups is 1. The van der Waals surface area contributed by atoms with Crippen LogP contribution in [0.2, 0.25) is 5.02 Å². The molecular weight excluding hydrogens is 346 g/mol. The van der Waals surface area contributed by atoms with E-state index in [-0.39, 0.29) is 5.91 Å². The van der Waals surface area contributed by atoms with Crippen LogP contribution >= 0.6 is 11.6 Å². The fourth-order valence-corrected chi connectivity index (χ4v) is 3.22. The maximum Gasteiger partial charge on any atom is 0.258 e. The summed E-state index contributed by atoms with van der Waals surface area (Å²) < 4.78 is 6.09. The van der Waals surface area contributed by atoms with Gasteiger partial charge in [0.15, 0.2) is 5.76 Å². The van der Waals surface area contributed by atoms with Crippen LogP contribution in [0.25, 0.3) is 22.3 Å². The third-order valence-corrected chi connectivity index (χ3v) is 4.56. The van der Waals surface area contributed by atoms with Crippen LogP contribution in [0.15, 0.2) is 83.3 Å². The Morgan fingerprint density at radius 1 is 0.923 bits per heavy atom. The summed E-state index contributed by atoms with van der Waals surface area (Å²) in [7, 11) is 1.76. The molecule has 4 aromatic rings. The Hall–Kier alpha value is -3.04. The van der Waals surface area contributed by atoms with Crippen molar-refractivity contribution in [2.24, 2.45) is 0 Å². The highest BCUT2D eigenvalue weighted by molar-refractivity contribution is 6.31. The van der Waals surface area contributed by atoms with E-state index in [1.807, 2.05) is 60.7 Å². The van der Waals surface area contributed by atoms with Crippen LogP contribution < -0.4 is 4.90 Å². The number of halogens is 1. The maximum absolute atomic E-state index is 13.0. The van der Waals surface area contributed by atoms with E-state index in [0.717, 1.165) is 10.9 Å². The smallest absolute Gasteiger partial charge is 0.258 e. The first-order valence-electron chi connectivity index (χ1n) is 8.26. The zero-order chi connectivity index (χ0) is 18.1. The number of hydrogen-bond donors (Lipinski definition) is 0. The molecule has 0 saturated heterocycles. The highest BCUT2D eigenvalue weighted by atomic mass is 35.5. The van der Waals surface area contributed by atoms with Gasteiger partial charge in [0.25, 0.3) is 5.91 Å². The molecule has 1 amide bonds. The molecule has 0 radical (unpaired) electrons. The summed E-state index contributed by atoms with van der Waals surface area (Å²) >= 11 is 6.20. The van der Waals surface area contributed by atoms with Gasteiger partial charge in [-0.15, -0.1) is 0 Å². The van der Waals surface area contributed by atoms with Gasteiger partial charge in [-0.3, -0.25) is 4.79 Å². The molecule has 0 fully saturated rings. The van der Waals surface area contributed by atoms with E-state index in [1.165, 1.54) is 0 Å². The van der Waals surface area contributed by atoms with Crippen molar-refractivity contribution in [1.29, 1.82) is 0 Å². The predicted octanol–water partition coefficient (Wildman–Crippen LogP) is 6.03. The minimum Gasteiger partial charge on any atom is -0.454 e. The first-order chi connectivity index (χ1) is 12.6. The minimum absolute atomic E-state index is 0.106. The van der Waals surface area contributed by atoms with Gasteiger partial charge < -0.3 is 9.32 Å². The number of benzene rings is 3. The molecule has 0 aliphatic heterocycles. The van der Waals surface area contributed by atoms with Crippen LogP contribution in [0, 0.1) is 0 Å². The molecule has 1 aromatic heterocycles. The lowest BCUT2D eigenvalue weighted by Crippen LogP contribution is -2.26. The van der Waals surface area contributed by atoms with Crippen LogP contribution in [0.3, 0.4) is 0 Å². The molecule has 4 heteroatoms. The Balaban J connectivity index is 1.92. The lowest BCUT2D eigenvalue weighted by atomic mass is 10.1. The van der Waals surface area contributed by atoms with Gasteiger partial charge in [-0.25, -0.2) is 0 Å². The summed E-state index contributed by atoms with van der Waals surface area (Å²) in [6.07, 6.45) is 0. The van der Waals surface area contributed by atoms with Gasteiger partial charge in [0, 0.05) is 28.6 Å². The molecule has 0 bridgehead atoms. The molecule has 3 nitrogen and oxygen atoms in total. The van der Waals surface area contributed by atoms with E-state index < -0.39 is 0 Å². The van der Waals surface area contributed by atoms with Crippen molar-refractivity contribution in [1.82, 2.24) is 0 Å². The number of furan rings is 1. The van der Waals surface area contributed by atoms with Crippen LogP contribution in [-0.2, 0) is 0 Å². The molecule has 0 unspecified atom stereocenters. The lowest BCUT2D eigenvalue weighted by Gasteiger charge is -2.18. The van der Waals surface area contributed by atoms with E-state index in [1.54, 1.807) is 30.1 Å². The van der Waals surface area contributed by atoms with Gasteiger partial charge in [-0.05, 0) is 30.3 Å². The number of rotatable bonds is 3. The van der Waals surface area contributed by atoms with Crippen molar-refractivity contribution < 1.29 is 9.21 Å². The molecule has 3 aromatic carbocycles. The van der Waals surface area contributed by atoms with Crippen molar-refractivity contribution in [3.63, 3.8) is 0 Å². The average molecular weight is 362 g/mol. The van der Waals surface area contributed by atoms with Gasteiger partial charge in [0.2, 0.25) is 0 Å². The van der Waals surface area contributed by atoms with E-state index in [9.17, 15) is 4.79 Å². The fourth-order valence-electron chi connectivity index (χ4n) is 3.05. The van der Waals surface area contributed by atoms with Crippen LogP contribution in [0.4, 0.5) is 5.69 Å². The first kappa shape index (κ1) is 16.4. The first-order valence-corrected chi connectivity index (χ1v) is 8.63. The number of nitrogens with zero attached hydrogens (tertiary/aromatic N) is 1. The molecule has 4 rings (SSSR count). The van der Waals surface area contributed by atoms with Crippen LogP contribution in [0.1, 0.15) is 10.4 Å². The molecule has 26 heavy (non-hydrogen) atoms. The number of hydrogen-bond acceptors (Lipinski definition) is 2. The molecule has 0 saturated carbocycles. The standard InChI is InChI=1S/C22H16ClNO2/c1-24(22(25)16-10-6-3-7-11-16)20-18-14-17(23)12-13-19(18)26-21(20)15-8-4-2-5-9-15/h2-14H,1H3. The summed E-state index contributed by atoms with van der Waals surface area (Å²) in [6.45, 7) is 0. The second kappa shape index (κ2) is 6.70. The summed E-state index contributed by atoms with van der Waals surface area (Å²) in [5.41, 5.74) is 2.92. The summed E-state index contributed by atoms with van der Waals surface area (Å²) in [6, 6.07) is 24.4. The number of fused-ring (bicyclic) bond motifs is 1. The minimum atomic E-state index is -0.106. The molecular formula is C22H16ClNO2. The number of amides is 1. The Kier molecular flexibility index (Phi) is 4.23. The maximum atomic E-state index is 13.0. The predicted molar refractivity (Wildman–Crippen MR) is 106 cm³/mol. The molecule has 0 N–H and O–H groups in total. The largest absolute Gasteiger partial charge is 0.454 e. The molecule has 0 spiro atoms. The van der Waals surface area contributed by atoms with Crippen LogP contribution in [0.5, 0.6) is 0 Å². The number of anilines is 1. The van der Waals surface area contributed by atoms with Gasteiger partial charge in [0.05, 0.1) is 5.69 Å². The van der Waals surface area contributed by atoms with Crippen LogP contribution in [-0.4, -0.2) is 13.0 Å². The molecule has 0 atom stereocenters. The quantitative estimate of drug-likeness (QED) is 0.446. The molecule has 0 aliphatic carbocycles. The SMILES string of the molecule is CN(C(=O)c1ccccc1)c1c(-c2ccccc2)oc2ccc(Cl)cc12. The Bertz CT molecular complexity index is 1070. The van der Waals surface area contributed by atoms with Crippen molar-refractivity contribution >= 4 is 34.2 Å². The third kappa shape index (κ3) is 2.87. The topological polar surface area (TPSA) is 33.5 Å². The summed E-state index contributed by atoms with van der Waals surface area (Å²) in [5, 5.41) is 1.41. The molecule has 128 valence electrons. The zero-order valence-corrected chi connectivity index (χ0v) is 14.9. The highest BCUT2D eigenvalue weighted by Gasteiger charge is 2.24. The summed E-state index contributed by atoms with van der Waals surface area (Å²) in [4.78, 5) is 14.6. The van der Waals surface area contributed by atoms with Crippen molar-refractivity contribution in [2.45, 2.75) is 0 Å². The normalized spacial score (nSPS) is 10.8. The Morgan fingerprint density at radius 3 is 2.27 bits per heavy atom. The van der Waals surface area contributed by atoms with Gasteiger partial charge in [0.1, 0.15) is 5.58 Å². The molecule has 0 aliphatic rings. The van der Waals surface area contributed by atoms with E-state index in [0.29, 0.717) is 27.6 Å². The second-order valence-electron chi connectivity index (χ2n) is 6.02. The van der Waals surface area contributed by atoms with E-state index >= 15 is 0 Å². The fraction of sp³-hybridized carbons (Fsp3) is 0.0455. The Labute approximate surface area is 156 Å². The van der Waals surface area contributed by atoms with Crippen molar-refractivity contribution in [3.8, 4) is 11.3 Å². The van der Waals surface area contributed by atoms with Gasteiger partial charge >= 0.3 is 0 Å². The lowest BCUT2D eigenvalue weighted by molar-refractivity contribution is 0.0993. The molecule has 1 heterocycles. The monoisotopic (exact) mass is 361 g/mol. The number of carbonyl (C=O) groups excluding carboxylic acids is 1. The zero-order valence-electron chi connectivity index (χ0n) is 14.1. The summed E-state index contributed by atoms with van der Waals surface area (Å²) in [5.74, 6) is 0.542. The van der Waals surface area contributed by atoms with Gasteiger partial charge in [-0.2, -0.15) is 0 Å². The van der Waals surface area contributed by atoms with Crippen molar-refractivity contribution in [3.05, 3.63) is 89.4 Å². The third-order valence-electron chi connectivity index (χ3n) is 4.32. The highest BCUT2D eigenvalue weighted by Crippen LogP contribution is 2.41. The van der Waals surface area contributed by atoms with E-state index in [4.69, 9.17) is 16.0 Å². The van der Waals surface area contributed by atoms with E-state index in [2.05, 4.69) is 0 Å². The van der Waals surface area contributed by atoms with Crippen molar-refractivity contribution in [2.75, 3.05) is 11.9 Å². The average Bonchev–Trinajstić information content (AvgIpc) is 3.06.